The molecule has 0 nitrogen and oxygen atoms in total. The van der Waals surface area contributed by atoms with Crippen LogP contribution in [0.5, 0.6) is 0 Å². The van der Waals surface area contributed by atoms with Gasteiger partial charge < -0.3 is 0 Å². The molecule has 0 amide bonds. The number of rotatable bonds is 0. The fraction of sp³-hybridized carbons (Fsp3) is 0.333. The minimum Gasteiger partial charge on any atom is -0.270 e. The van der Waals surface area contributed by atoms with Crippen molar-refractivity contribution in [3.05, 3.63) is 23.8 Å². The molecular weight excluding hydrogens is 490 g/mol. The molecule has 0 saturated carbocycles. The first-order valence-corrected chi connectivity index (χ1v) is 2.13. The first kappa shape index (κ1) is 22.6. The van der Waals surface area contributed by atoms with Crippen molar-refractivity contribution in [1.82, 2.24) is 0 Å². The summed E-state index contributed by atoms with van der Waals surface area (Å²) in [5.74, 6) is 0. The Bertz CT molecular complexity index is 107. The van der Waals surface area contributed by atoms with Crippen LogP contribution in [0, 0.1) is 6.08 Å². The molecule has 0 spiro atoms. The maximum Gasteiger partial charge on any atom is 0 e. The summed E-state index contributed by atoms with van der Waals surface area (Å²) in [5.41, 5.74) is 1.27. The third-order valence-electron chi connectivity index (χ3n) is 0.867. The molecule has 0 aromatic rings. The summed E-state index contributed by atoms with van der Waals surface area (Å²) >= 11 is 0. The van der Waals surface area contributed by atoms with Crippen molar-refractivity contribution in [2.24, 2.45) is 0 Å². The Morgan fingerprint density at radius 2 is 1.80 bits per heavy atom. The average Bonchev–Trinajstić information content (AvgIpc) is 1.86. The molecule has 60 valence electrons. The summed E-state index contributed by atoms with van der Waals surface area (Å²) in [6.45, 7) is 2.06. The van der Waals surface area contributed by atoms with Crippen LogP contribution in [0.4, 0.5) is 0 Å². The first-order valence-electron chi connectivity index (χ1n) is 2.13. The van der Waals surface area contributed by atoms with Crippen LogP contribution < -0.4 is 0 Å². The standard InChI is InChI=1S/C6H7.3BrH.Hf/c1-6-4-2-3-5-6;;;;/h2,4H,3H2,1H3;3*1H;/q-1;;;;. The molecular formula is C6H10Br3Hf-. The van der Waals surface area contributed by atoms with Gasteiger partial charge in [-0.15, -0.1) is 57.4 Å². The van der Waals surface area contributed by atoms with Gasteiger partial charge in [0.25, 0.3) is 0 Å². The molecule has 0 atom stereocenters. The number of allylic oxidation sites excluding steroid dienone is 4. The molecule has 4 heteroatoms. The van der Waals surface area contributed by atoms with Crippen molar-refractivity contribution < 1.29 is 25.8 Å². The maximum absolute atomic E-state index is 3.12. The van der Waals surface area contributed by atoms with E-state index in [0.717, 1.165) is 6.42 Å². The van der Waals surface area contributed by atoms with Gasteiger partial charge in [0.2, 0.25) is 0 Å². The molecule has 0 N–H and O–H groups in total. The summed E-state index contributed by atoms with van der Waals surface area (Å²) in [6, 6.07) is 0. The molecule has 0 saturated heterocycles. The van der Waals surface area contributed by atoms with Crippen LogP contribution >= 0.6 is 50.9 Å². The summed E-state index contributed by atoms with van der Waals surface area (Å²) < 4.78 is 0. The average molecular weight is 500 g/mol. The second-order valence-electron chi connectivity index (χ2n) is 1.47. The van der Waals surface area contributed by atoms with E-state index in [-0.39, 0.29) is 76.8 Å². The monoisotopic (exact) mass is 499 g/mol. The molecule has 0 heterocycles. The Labute approximate surface area is 113 Å². The first-order chi connectivity index (χ1) is 2.89. The van der Waals surface area contributed by atoms with Crippen molar-refractivity contribution in [2.45, 2.75) is 13.3 Å². The summed E-state index contributed by atoms with van der Waals surface area (Å²) in [4.78, 5) is 0. The molecule has 1 aliphatic carbocycles. The fourth-order valence-electron chi connectivity index (χ4n) is 0.515. The van der Waals surface area contributed by atoms with Crippen LogP contribution in [-0.4, -0.2) is 0 Å². The molecule has 0 radical (unpaired) electrons. The Kier molecular flexibility index (Phi) is 30.3. The van der Waals surface area contributed by atoms with Gasteiger partial charge in [0.15, 0.2) is 0 Å². The predicted octanol–water partition coefficient (Wildman–Crippen LogP) is 3.43. The zero-order chi connectivity index (χ0) is 4.41. The van der Waals surface area contributed by atoms with Gasteiger partial charge in [-0.1, -0.05) is 6.92 Å². The Morgan fingerprint density at radius 3 is 1.90 bits per heavy atom. The molecule has 0 aliphatic heterocycles. The third-order valence-corrected chi connectivity index (χ3v) is 0.867. The second-order valence-corrected chi connectivity index (χ2v) is 1.47. The van der Waals surface area contributed by atoms with E-state index >= 15 is 0 Å². The quantitative estimate of drug-likeness (QED) is 0.354. The normalized spacial score (nSPS) is 11.1. The van der Waals surface area contributed by atoms with Gasteiger partial charge in [0.1, 0.15) is 0 Å². The van der Waals surface area contributed by atoms with Crippen molar-refractivity contribution in [1.29, 1.82) is 0 Å². The van der Waals surface area contributed by atoms with Crippen molar-refractivity contribution in [3.8, 4) is 0 Å². The second kappa shape index (κ2) is 13.4. The van der Waals surface area contributed by atoms with Crippen LogP contribution in [0.2, 0.25) is 0 Å². The van der Waals surface area contributed by atoms with Crippen molar-refractivity contribution in [3.63, 3.8) is 0 Å². The van der Waals surface area contributed by atoms with Crippen LogP contribution in [0.15, 0.2) is 17.7 Å². The number of halogens is 3. The zero-order valence-corrected chi connectivity index (χ0v) is 14.3. The van der Waals surface area contributed by atoms with Gasteiger partial charge in [-0.2, -0.15) is 6.08 Å². The van der Waals surface area contributed by atoms with E-state index in [2.05, 4.69) is 25.2 Å². The Morgan fingerprint density at radius 1 is 1.30 bits per heavy atom. The minimum absolute atomic E-state index is 0. The molecule has 0 aromatic heterocycles. The van der Waals surface area contributed by atoms with E-state index < -0.39 is 0 Å². The number of hydrogen-bond donors (Lipinski definition) is 0. The third kappa shape index (κ3) is 9.79. The molecule has 0 fully saturated rings. The van der Waals surface area contributed by atoms with Gasteiger partial charge in [-0.05, 0) is 0 Å². The van der Waals surface area contributed by atoms with E-state index in [1.54, 1.807) is 0 Å². The Balaban J connectivity index is -0.0000000450. The summed E-state index contributed by atoms with van der Waals surface area (Å²) in [7, 11) is 0. The molecule has 1 aliphatic rings. The number of hydrogen-bond acceptors (Lipinski definition) is 0. The smallest absolute Gasteiger partial charge is 0 e. The van der Waals surface area contributed by atoms with E-state index in [0.29, 0.717) is 0 Å². The van der Waals surface area contributed by atoms with Gasteiger partial charge in [-0.3, -0.25) is 6.08 Å². The molecule has 0 aromatic carbocycles. The molecule has 0 unspecified atom stereocenters. The maximum atomic E-state index is 3.12. The van der Waals surface area contributed by atoms with Gasteiger partial charge >= 0.3 is 0 Å². The van der Waals surface area contributed by atoms with Crippen molar-refractivity contribution >= 4 is 50.9 Å². The van der Waals surface area contributed by atoms with E-state index in [4.69, 9.17) is 0 Å². The van der Waals surface area contributed by atoms with Gasteiger partial charge in [0, 0.05) is 25.8 Å². The minimum atomic E-state index is 0. The Hall–Kier alpha value is 1.79. The predicted molar refractivity (Wildman–Crippen MR) is 57.2 cm³/mol. The van der Waals surface area contributed by atoms with Crippen molar-refractivity contribution in [2.75, 3.05) is 0 Å². The van der Waals surface area contributed by atoms with Crippen LogP contribution in [0.25, 0.3) is 0 Å². The molecule has 0 bridgehead atoms. The zero-order valence-electron chi connectivity index (χ0n) is 5.59. The van der Waals surface area contributed by atoms with Gasteiger partial charge in [0.05, 0.1) is 0 Å². The van der Waals surface area contributed by atoms with Crippen LogP contribution in [0.1, 0.15) is 13.3 Å². The largest absolute Gasteiger partial charge is 0.270 e. The SMILES string of the molecule is Br.Br.Br.CC1=[C-]CC=C1.[Hf]. The molecule has 10 heavy (non-hydrogen) atoms. The van der Waals surface area contributed by atoms with E-state index in [1.807, 2.05) is 0 Å². The molecule has 1 rings (SSSR count). The summed E-state index contributed by atoms with van der Waals surface area (Å²) in [6.07, 6.45) is 8.33. The van der Waals surface area contributed by atoms with Gasteiger partial charge in [-0.25, -0.2) is 11.6 Å². The van der Waals surface area contributed by atoms with Crippen LogP contribution in [-0.2, 0) is 25.8 Å². The fourth-order valence-corrected chi connectivity index (χ4v) is 0.515. The van der Waals surface area contributed by atoms with Crippen LogP contribution in [0.3, 0.4) is 0 Å². The van der Waals surface area contributed by atoms with E-state index in [1.165, 1.54) is 5.57 Å². The summed E-state index contributed by atoms with van der Waals surface area (Å²) in [5, 5.41) is 0. The topological polar surface area (TPSA) is 0 Å². The van der Waals surface area contributed by atoms with E-state index in [9.17, 15) is 0 Å².